The second-order valence-corrected chi connectivity index (χ2v) is 3.43. The zero-order chi connectivity index (χ0) is 8.55. The molecule has 0 aliphatic rings. The Balaban J connectivity index is 2.94. The normalized spacial score (nSPS) is 10.0. The third kappa shape index (κ3) is 0.892. The summed E-state index contributed by atoms with van der Waals surface area (Å²) in [7, 11) is 0. The largest absolute Gasteiger partial charge is 0.256 e. The number of rotatable bonds is 0. The van der Waals surface area contributed by atoms with Gasteiger partial charge in [-0.1, -0.05) is 6.07 Å². The van der Waals surface area contributed by atoms with Gasteiger partial charge in [0.1, 0.15) is 0 Å². The number of fused-ring (bicyclic) bond motifs is 1. The molecule has 0 fully saturated rings. The molecular formula is C9H6N2S. The van der Waals surface area contributed by atoms with Gasteiger partial charge < -0.3 is 0 Å². The lowest BCUT2D eigenvalue weighted by Gasteiger charge is -1.95. The van der Waals surface area contributed by atoms with Crippen molar-refractivity contribution in [3.8, 4) is 0 Å². The van der Waals surface area contributed by atoms with E-state index in [0.29, 0.717) is 5.69 Å². The molecular weight excluding hydrogens is 168 g/mol. The summed E-state index contributed by atoms with van der Waals surface area (Å²) < 4.78 is 1.09. The second kappa shape index (κ2) is 2.58. The van der Waals surface area contributed by atoms with Crippen LogP contribution in [-0.4, -0.2) is 4.98 Å². The Kier molecular flexibility index (Phi) is 1.56. The number of hydrogen-bond acceptors (Lipinski definition) is 2. The van der Waals surface area contributed by atoms with Crippen molar-refractivity contribution in [1.29, 1.82) is 0 Å². The van der Waals surface area contributed by atoms with E-state index in [1.54, 1.807) is 16.8 Å². The summed E-state index contributed by atoms with van der Waals surface area (Å²) >= 11 is 1.57. The van der Waals surface area contributed by atoms with Gasteiger partial charge in [-0.2, -0.15) is 0 Å². The molecule has 0 unspecified atom stereocenters. The van der Waals surface area contributed by atoms with Crippen molar-refractivity contribution in [1.82, 2.24) is 4.98 Å². The third-order valence-electron chi connectivity index (χ3n) is 1.79. The minimum atomic E-state index is 0.689. The van der Waals surface area contributed by atoms with Gasteiger partial charge in [0.2, 0.25) is 5.69 Å². The molecule has 0 spiro atoms. The molecule has 2 rings (SSSR count). The number of aromatic nitrogens is 1. The van der Waals surface area contributed by atoms with Crippen LogP contribution in [0.15, 0.2) is 17.6 Å². The molecule has 0 saturated heterocycles. The van der Waals surface area contributed by atoms with Crippen LogP contribution in [0.5, 0.6) is 0 Å². The van der Waals surface area contributed by atoms with Crippen molar-refractivity contribution in [3.05, 3.63) is 34.6 Å². The fourth-order valence-electron chi connectivity index (χ4n) is 1.16. The van der Waals surface area contributed by atoms with E-state index >= 15 is 0 Å². The van der Waals surface area contributed by atoms with Gasteiger partial charge in [-0.15, -0.1) is 11.3 Å². The Morgan fingerprint density at radius 3 is 3.08 bits per heavy atom. The Morgan fingerprint density at radius 2 is 2.33 bits per heavy atom. The molecule has 0 N–H and O–H groups in total. The molecule has 0 radical (unpaired) electrons. The highest BCUT2D eigenvalue weighted by atomic mass is 32.1. The molecule has 2 nitrogen and oxygen atoms in total. The maximum atomic E-state index is 7.00. The predicted octanol–water partition coefficient (Wildman–Crippen LogP) is 3.16. The van der Waals surface area contributed by atoms with Gasteiger partial charge in [0, 0.05) is 4.70 Å². The van der Waals surface area contributed by atoms with E-state index in [-0.39, 0.29) is 0 Å². The molecule has 0 atom stereocenters. The summed E-state index contributed by atoms with van der Waals surface area (Å²) in [6.07, 6.45) is 0. The number of hydrogen-bond donors (Lipinski definition) is 0. The molecule has 58 valence electrons. The monoisotopic (exact) mass is 174 g/mol. The van der Waals surface area contributed by atoms with Crippen LogP contribution in [0.25, 0.3) is 15.1 Å². The van der Waals surface area contributed by atoms with E-state index in [2.05, 4.69) is 9.83 Å². The predicted molar refractivity (Wildman–Crippen MR) is 50.6 cm³/mol. The first-order valence-corrected chi connectivity index (χ1v) is 4.41. The quantitative estimate of drug-likeness (QED) is 0.561. The van der Waals surface area contributed by atoms with E-state index < -0.39 is 0 Å². The zero-order valence-corrected chi connectivity index (χ0v) is 7.35. The van der Waals surface area contributed by atoms with Gasteiger partial charge >= 0.3 is 0 Å². The number of nitrogens with zero attached hydrogens (tertiary/aromatic N) is 2. The highest BCUT2D eigenvalue weighted by molar-refractivity contribution is 7.16. The Bertz CT molecular complexity index is 465. The Labute approximate surface area is 74.3 Å². The molecule has 0 saturated carbocycles. The van der Waals surface area contributed by atoms with Gasteiger partial charge in [0.05, 0.1) is 17.6 Å². The first-order chi connectivity index (χ1) is 5.83. The minimum Gasteiger partial charge on any atom is -0.256 e. The Hall–Kier alpha value is -1.40. The van der Waals surface area contributed by atoms with Gasteiger partial charge in [0.25, 0.3) is 0 Å². The van der Waals surface area contributed by atoms with E-state index in [9.17, 15) is 0 Å². The summed E-state index contributed by atoms with van der Waals surface area (Å²) in [6, 6.07) is 3.98. The average molecular weight is 174 g/mol. The van der Waals surface area contributed by atoms with Crippen molar-refractivity contribution in [2.24, 2.45) is 0 Å². The molecule has 12 heavy (non-hydrogen) atoms. The smallest absolute Gasteiger partial charge is 0.216 e. The zero-order valence-electron chi connectivity index (χ0n) is 6.53. The topological polar surface area (TPSA) is 17.2 Å². The summed E-state index contributed by atoms with van der Waals surface area (Å²) in [4.78, 5) is 7.62. The number of benzene rings is 1. The van der Waals surface area contributed by atoms with Crippen LogP contribution in [0.2, 0.25) is 0 Å². The molecule has 1 aromatic heterocycles. The average Bonchev–Trinajstić information content (AvgIpc) is 2.52. The molecule has 1 aromatic carbocycles. The van der Waals surface area contributed by atoms with Crippen LogP contribution in [0, 0.1) is 13.5 Å². The number of thiazole rings is 1. The van der Waals surface area contributed by atoms with Gasteiger partial charge in [0.15, 0.2) is 0 Å². The molecule has 0 bridgehead atoms. The molecule has 3 heteroatoms. The second-order valence-electron chi connectivity index (χ2n) is 2.54. The van der Waals surface area contributed by atoms with E-state index in [4.69, 9.17) is 6.57 Å². The highest BCUT2D eigenvalue weighted by Crippen LogP contribution is 2.30. The van der Waals surface area contributed by atoms with E-state index in [0.717, 1.165) is 15.8 Å². The fourth-order valence-corrected chi connectivity index (χ4v) is 1.84. The maximum Gasteiger partial charge on any atom is 0.216 e. The summed E-state index contributed by atoms with van der Waals surface area (Å²) in [5, 5.41) is 0. The Morgan fingerprint density at radius 1 is 1.50 bits per heavy atom. The summed E-state index contributed by atoms with van der Waals surface area (Å²) in [5.41, 5.74) is 4.31. The standard InChI is InChI=1S/C9H6N2S/c1-6-3-4-7-9(8(6)10-2)11-5-12-7/h3-5H,1H3. The van der Waals surface area contributed by atoms with Crippen molar-refractivity contribution >= 4 is 27.2 Å². The first-order valence-electron chi connectivity index (χ1n) is 3.53. The van der Waals surface area contributed by atoms with Crippen molar-refractivity contribution < 1.29 is 0 Å². The van der Waals surface area contributed by atoms with Gasteiger partial charge in [-0.3, -0.25) is 4.98 Å². The van der Waals surface area contributed by atoms with Crippen molar-refractivity contribution in [3.63, 3.8) is 0 Å². The van der Waals surface area contributed by atoms with Crippen molar-refractivity contribution in [2.45, 2.75) is 6.92 Å². The summed E-state index contributed by atoms with van der Waals surface area (Å²) in [6.45, 7) is 8.93. The number of aryl methyl sites for hydroxylation is 1. The highest BCUT2D eigenvalue weighted by Gasteiger charge is 2.05. The molecule has 1 heterocycles. The summed E-state index contributed by atoms with van der Waals surface area (Å²) in [5.74, 6) is 0. The molecule has 0 aliphatic carbocycles. The van der Waals surface area contributed by atoms with Crippen LogP contribution in [0.4, 0.5) is 5.69 Å². The molecule has 2 aromatic rings. The van der Waals surface area contributed by atoms with Gasteiger partial charge in [-0.25, -0.2) is 4.85 Å². The van der Waals surface area contributed by atoms with Crippen LogP contribution in [0.1, 0.15) is 5.56 Å². The SMILES string of the molecule is [C-]#[N+]c1c(C)ccc2scnc12. The van der Waals surface area contributed by atoms with Crippen LogP contribution >= 0.6 is 11.3 Å². The van der Waals surface area contributed by atoms with Crippen LogP contribution in [-0.2, 0) is 0 Å². The maximum absolute atomic E-state index is 7.00. The van der Waals surface area contributed by atoms with E-state index in [1.807, 2.05) is 19.1 Å². The third-order valence-corrected chi connectivity index (χ3v) is 2.58. The van der Waals surface area contributed by atoms with Crippen molar-refractivity contribution in [2.75, 3.05) is 0 Å². The molecule has 0 aliphatic heterocycles. The van der Waals surface area contributed by atoms with Gasteiger partial charge in [-0.05, 0) is 18.6 Å². The molecule has 0 amide bonds. The first kappa shape index (κ1) is 7.26. The van der Waals surface area contributed by atoms with Crippen LogP contribution in [0.3, 0.4) is 0 Å². The fraction of sp³-hybridized carbons (Fsp3) is 0.111. The lowest BCUT2D eigenvalue weighted by Crippen LogP contribution is -1.73. The van der Waals surface area contributed by atoms with E-state index in [1.165, 1.54) is 0 Å². The van der Waals surface area contributed by atoms with Crippen LogP contribution < -0.4 is 0 Å². The minimum absolute atomic E-state index is 0.689. The lowest BCUT2D eigenvalue weighted by molar-refractivity contribution is 1.46. The lowest BCUT2D eigenvalue weighted by atomic mass is 10.2.